The Hall–Kier alpha value is -1.13. The van der Waals surface area contributed by atoms with Crippen LogP contribution >= 0.6 is 0 Å². The van der Waals surface area contributed by atoms with E-state index in [-0.39, 0.29) is 19.2 Å². The molecule has 4 nitrogen and oxygen atoms in total. The highest BCUT2D eigenvalue weighted by Crippen LogP contribution is 2.10. The van der Waals surface area contributed by atoms with Gasteiger partial charge in [0.05, 0.1) is 6.61 Å². The zero-order valence-electron chi connectivity index (χ0n) is 18.5. The number of hydrogen-bond donors (Lipinski definition) is 2. The summed E-state index contributed by atoms with van der Waals surface area (Å²) in [5.74, 6) is -0.287. The number of aliphatic hydroxyl groups excluding tert-OH is 2. The molecule has 1 unspecified atom stereocenters. The van der Waals surface area contributed by atoms with E-state index in [0.717, 1.165) is 25.7 Å². The van der Waals surface area contributed by atoms with Crippen LogP contribution in [0.2, 0.25) is 0 Å². The Balaban J connectivity index is 0. The summed E-state index contributed by atoms with van der Waals surface area (Å²) in [4.78, 5) is 11.4. The second-order valence-corrected chi connectivity index (χ2v) is 7.26. The van der Waals surface area contributed by atoms with Crippen molar-refractivity contribution < 1.29 is 19.7 Å². The first-order valence-corrected chi connectivity index (χ1v) is 11.3. The van der Waals surface area contributed by atoms with Gasteiger partial charge in [-0.3, -0.25) is 4.79 Å². The van der Waals surface area contributed by atoms with Crippen LogP contribution in [0.5, 0.6) is 0 Å². The lowest BCUT2D eigenvalue weighted by atomic mass is 10.1. The molecule has 0 aromatic rings. The fourth-order valence-corrected chi connectivity index (χ4v) is 2.65. The van der Waals surface area contributed by atoms with Gasteiger partial charge in [-0.25, -0.2) is 0 Å². The van der Waals surface area contributed by atoms with Gasteiger partial charge in [0.2, 0.25) is 0 Å². The quantitative estimate of drug-likeness (QED) is 0.166. The number of carbonyl (C=O) groups excluding carboxylic acids is 1. The maximum Gasteiger partial charge on any atom is 0.305 e. The zero-order valence-corrected chi connectivity index (χ0v) is 18.5. The van der Waals surface area contributed by atoms with Crippen molar-refractivity contribution in [1.29, 1.82) is 0 Å². The van der Waals surface area contributed by atoms with Crippen molar-refractivity contribution in [3.63, 3.8) is 0 Å². The largest absolute Gasteiger partial charge is 0.463 e. The Morgan fingerprint density at radius 2 is 1.39 bits per heavy atom. The van der Waals surface area contributed by atoms with Gasteiger partial charge >= 0.3 is 5.97 Å². The maximum absolute atomic E-state index is 11.4. The minimum Gasteiger partial charge on any atom is -0.463 e. The molecule has 4 heteroatoms. The lowest BCUT2D eigenvalue weighted by molar-refractivity contribution is -0.147. The first-order chi connectivity index (χ1) is 13.6. The molecule has 0 bridgehead atoms. The van der Waals surface area contributed by atoms with E-state index in [0.29, 0.717) is 6.42 Å². The summed E-state index contributed by atoms with van der Waals surface area (Å²) in [6, 6.07) is 0. The number of allylic oxidation sites excluding steroid dienone is 3. The SMILES string of the molecule is C=CC.CCCCCCCC/C=C\CCCCCCCC(=O)OCC(O)CO. The van der Waals surface area contributed by atoms with Gasteiger partial charge in [0.15, 0.2) is 0 Å². The van der Waals surface area contributed by atoms with Crippen molar-refractivity contribution in [2.45, 2.75) is 110 Å². The molecule has 0 radical (unpaired) electrons. The second-order valence-electron chi connectivity index (χ2n) is 7.26. The number of ether oxygens (including phenoxy) is 1. The molecule has 0 aliphatic heterocycles. The monoisotopic (exact) mass is 398 g/mol. The van der Waals surface area contributed by atoms with E-state index in [4.69, 9.17) is 14.9 Å². The van der Waals surface area contributed by atoms with Crippen LogP contribution in [-0.4, -0.2) is 35.5 Å². The van der Waals surface area contributed by atoms with Crippen molar-refractivity contribution in [1.82, 2.24) is 0 Å². The van der Waals surface area contributed by atoms with E-state index in [1.807, 2.05) is 6.92 Å². The van der Waals surface area contributed by atoms with Gasteiger partial charge in [0.25, 0.3) is 0 Å². The molecule has 2 N–H and O–H groups in total. The topological polar surface area (TPSA) is 66.8 Å². The second kappa shape index (κ2) is 25.9. The number of aliphatic hydroxyl groups is 2. The molecule has 0 heterocycles. The van der Waals surface area contributed by atoms with E-state index in [1.165, 1.54) is 57.8 Å². The first-order valence-electron chi connectivity index (χ1n) is 11.3. The minimum absolute atomic E-state index is 0.111. The fraction of sp³-hybridized carbons (Fsp3) is 0.792. The Labute approximate surface area is 174 Å². The fourth-order valence-electron chi connectivity index (χ4n) is 2.65. The zero-order chi connectivity index (χ0) is 21.3. The van der Waals surface area contributed by atoms with Crippen molar-refractivity contribution in [2.75, 3.05) is 13.2 Å². The molecule has 0 aromatic carbocycles. The Bertz CT molecular complexity index is 353. The average Bonchev–Trinajstić information content (AvgIpc) is 2.69. The van der Waals surface area contributed by atoms with Crippen molar-refractivity contribution in [3.05, 3.63) is 24.8 Å². The normalized spacial score (nSPS) is 11.7. The molecule has 0 rings (SSSR count). The number of unbranched alkanes of at least 4 members (excludes halogenated alkanes) is 11. The van der Waals surface area contributed by atoms with E-state index < -0.39 is 6.10 Å². The van der Waals surface area contributed by atoms with Gasteiger partial charge in [-0.05, 0) is 39.0 Å². The van der Waals surface area contributed by atoms with Crippen molar-refractivity contribution >= 4 is 5.97 Å². The van der Waals surface area contributed by atoms with Crippen LogP contribution in [0.1, 0.15) is 104 Å². The summed E-state index contributed by atoms with van der Waals surface area (Å²) in [5.41, 5.74) is 0. The van der Waals surface area contributed by atoms with E-state index >= 15 is 0 Å². The summed E-state index contributed by atoms with van der Waals surface area (Å²) >= 11 is 0. The molecule has 1 atom stereocenters. The molecule has 0 saturated heterocycles. The number of hydrogen-bond acceptors (Lipinski definition) is 4. The van der Waals surface area contributed by atoms with Crippen LogP contribution in [0.15, 0.2) is 24.8 Å². The van der Waals surface area contributed by atoms with Crippen LogP contribution in [0.3, 0.4) is 0 Å². The highest BCUT2D eigenvalue weighted by molar-refractivity contribution is 5.69. The highest BCUT2D eigenvalue weighted by atomic mass is 16.5. The lowest BCUT2D eigenvalue weighted by Gasteiger charge is -2.08. The summed E-state index contributed by atoms with van der Waals surface area (Å²) in [5, 5.41) is 17.7. The number of carbonyl (C=O) groups is 1. The molecule has 0 saturated carbocycles. The predicted molar refractivity (Wildman–Crippen MR) is 119 cm³/mol. The smallest absolute Gasteiger partial charge is 0.305 e. The summed E-state index contributed by atoms with van der Waals surface area (Å²) in [6.45, 7) is 7.02. The molecule has 0 spiro atoms. The Morgan fingerprint density at radius 3 is 1.89 bits per heavy atom. The number of rotatable bonds is 18. The van der Waals surface area contributed by atoms with Crippen LogP contribution in [0.4, 0.5) is 0 Å². The van der Waals surface area contributed by atoms with Gasteiger partial charge in [-0.15, -0.1) is 6.58 Å². The van der Waals surface area contributed by atoms with Crippen LogP contribution in [0, 0.1) is 0 Å². The molecular weight excluding hydrogens is 352 g/mol. The third-order valence-electron chi connectivity index (χ3n) is 4.29. The summed E-state index contributed by atoms with van der Waals surface area (Å²) < 4.78 is 4.86. The summed E-state index contributed by atoms with van der Waals surface area (Å²) in [7, 11) is 0. The molecule has 0 aliphatic carbocycles. The standard InChI is InChI=1S/C21H40O4.C3H6/c1-2-3-4-5-6-7-8-9-10-11-12-13-14-15-16-17-21(24)25-19-20(23)18-22;1-3-2/h9-10,20,22-23H,2-8,11-19H2,1H3;3H,1H2,2H3/b10-9-;. The van der Waals surface area contributed by atoms with Crippen LogP contribution < -0.4 is 0 Å². The molecule has 0 aromatic heterocycles. The number of esters is 1. The first kappa shape index (κ1) is 29.1. The predicted octanol–water partition coefficient (Wildman–Crippen LogP) is 6.11. The molecule has 28 heavy (non-hydrogen) atoms. The third-order valence-corrected chi connectivity index (χ3v) is 4.29. The molecule has 0 aliphatic rings. The molecule has 0 amide bonds. The maximum atomic E-state index is 11.4. The van der Waals surface area contributed by atoms with Gasteiger partial charge in [-0.2, -0.15) is 0 Å². The van der Waals surface area contributed by atoms with Gasteiger partial charge in [0.1, 0.15) is 12.7 Å². The van der Waals surface area contributed by atoms with Crippen LogP contribution in [-0.2, 0) is 9.53 Å². The Kier molecular flexibility index (Phi) is 26.9. The minimum atomic E-state index is -0.960. The summed E-state index contributed by atoms with van der Waals surface area (Å²) in [6.07, 6.45) is 21.8. The van der Waals surface area contributed by atoms with Crippen LogP contribution in [0.25, 0.3) is 0 Å². The average molecular weight is 399 g/mol. The van der Waals surface area contributed by atoms with Gasteiger partial charge in [0, 0.05) is 6.42 Å². The van der Waals surface area contributed by atoms with Gasteiger partial charge in [-0.1, -0.05) is 76.5 Å². The molecular formula is C24H46O4. The van der Waals surface area contributed by atoms with E-state index in [1.54, 1.807) is 6.08 Å². The van der Waals surface area contributed by atoms with Crippen molar-refractivity contribution in [3.8, 4) is 0 Å². The molecule has 0 fully saturated rings. The Morgan fingerprint density at radius 1 is 0.929 bits per heavy atom. The van der Waals surface area contributed by atoms with E-state index in [9.17, 15) is 4.79 Å². The van der Waals surface area contributed by atoms with E-state index in [2.05, 4.69) is 25.7 Å². The highest BCUT2D eigenvalue weighted by Gasteiger charge is 2.07. The van der Waals surface area contributed by atoms with Gasteiger partial charge < -0.3 is 14.9 Å². The van der Waals surface area contributed by atoms with Crippen molar-refractivity contribution in [2.24, 2.45) is 0 Å². The third kappa shape index (κ3) is 27.1. The molecule has 166 valence electrons. The lowest BCUT2D eigenvalue weighted by Crippen LogP contribution is -2.21.